The average molecular weight is 539 g/mol. The van der Waals surface area contributed by atoms with E-state index in [1.165, 1.54) is 0 Å². The topological polar surface area (TPSA) is 116 Å². The number of benzene rings is 1. The van der Waals surface area contributed by atoms with Gasteiger partial charge in [0.05, 0.1) is 11.5 Å². The lowest BCUT2D eigenvalue weighted by Gasteiger charge is -2.41. The monoisotopic (exact) mass is 538 g/mol. The fourth-order valence-corrected chi connectivity index (χ4v) is 5.84. The molecule has 1 heterocycles. The number of primary amides is 1. The summed E-state index contributed by atoms with van der Waals surface area (Å²) in [5.74, 6) is -0.942. The molecule has 1 aliphatic heterocycles. The number of likely N-dealkylation sites (tertiary alicyclic amines) is 1. The predicted octanol–water partition coefficient (Wildman–Crippen LogP) is 2.81. The Hall–Kier alpha value is -2.97. The van der Waals surface area contributed by atoms with Crippen molar-refractivity contribution in [3.8, 4) is 0 Å². The molecule has 4 N–H and O–H groups in total. The molecule has 0 saturated carbocycles. The molecule has 39 heavy (non-hydrogen) atoms. The number of amides is 3. The van der Waals surface area contributed by atoms with E-state index in [0.717, 1.165) is 37.8 Å². The molecule has 2 aliphatic rings. The number of nitrogens with one attached hydrogen (secondary N) is 1. The molecule has 0 bridgehead atoms. The number of aliphatic hydroxyl groups is 1. The first-order chi connectivity index (χ1) is 18.8. The lowest BCUT2D eigenvalue weighted by molar-refractivity contribution is -0.132. The first kappa shape index (κ1) is 30.6. The van der Waals surface area contributed by atoms with Gasteiger partial charge < -0.3 is 26.0 Å². The maximum atomic E-state index is 13.5. The smallest absolute Gasteiger partial charge is 0.249 e. The number of aliphatic hydroxyl groups excluding tert-OH is 1. The normalized spacial score (nSPS) is 20.5. The van der Waals surface area contributed by atoms with Gasteiger partial charge in [-0.3, -0.25) is 14.4 Å². The van der Waals surface area contributed by atoms with Crippen LogP contribution in [0.25, 0.3) is 0 Å². The van der Waals surface area contributed by atoms with E-state index in [1.807, 2.05) is 54.0 Å². The number of hydrogen-bond acceptors (Lipinski definition) is 5. The number of allylic oxidation sites excluding steroid dienone is 2. The van der Waals surface area contributed by atoms with Crippen LogP contribution in [0.3, 0.4) is 0 Å². The fourth-order valence-electron chi connectivity index (χ4n) is 5.84. The largest absolute Gasteiger partial charge is 0.391 e. The molecule has 8 heteroatoms. The van der Waals surface area contributed by atoms with Gasteiger partial charge in [0.2, 0.25) is 17.7 Å². The van der Waals surface area contributed by atoms with Gasteiger partial charge in [-0.2, -0.15) is 0 Å². The third-order valence-electron chi connectivity index (χ3n) is 7.91. The highest BCUT2D eigenvalue weighted by Crippen LogP contribution is 2.43. The van der Waals surface area contributed by atoms with Crippen LogP contribution < -0.4 is 11.1 Å². The fraction of sp³-hybridized carbons (Fsp3) is 0.581. The van der Waals surface area contributed by atoms with Crippen LogP contribution in [0.15, 0.2) is 54.1 Å². The lowest BCUT2D eigenvalue weighted by Crippen LogP contribution is -2.51. The van der Waals surface area contributed by atoms with E-state index in [9.17, 15) is 19.5 Å². The van der Waals surface area contributed by atoms with Crippen molar-refractivity contribution in [2.45, 2.75) is 64.9 Å². The number of rotatable bonds is 16. The van der Waals surface area contributed by atoms with E-state index >= 15 is 0 Å². The molecule has 1 saturated heterocycles. The molecule has 3 atom stereocenters. The maximum absolute atomic E-state index is 13.5. The molecule has 3 amide bonds. The Morgan fingerprint density at radius 2 is 1.90 bits per heavy atom. The summed E-state index contributed by atoms with van der Waals surface area (Å²) in [7, 11) is 0. The second-order valence-electron chi connectivity index (χ2n) is 10.8. The Morgan fingerprint density at radius 3 is 2.51 bits per heavy atom. The van der Waals surface area contributed by atoms with E-state index in [1.54, 1.807) is 18.2 Å². The first-order valence-electron chi connectivity index (χ1n) is 14.5. The van der Waals surface area contributed by atoms with Crippen LogP contribution in [0.4, 0.5) is 0 Å². The first-order valence-corrected chi connectivity index (χ1v) is 14.5. The zero-order valence-electron chi connectivity index (χ0n) is 23.6. The molecule has 0 aromatic heterocycles. The average Bonchev–Trinajstić information content (AvgIpc) is 3.35. The third-order valence-corrected chi connectivity index (χ3v) is 7.91. The molecule has 1 unspecified atom stereocenters. The van der Waals surface area contributed by atoms with Crippen molar-refractivity contribution in [1.82, 2.24) is 15.1 Å². The molecule has 0 spiro atoms. The summed E-state index contributed by atoms with van der Waals surface area (Å²) in [6, 6.07) is 9.77. The minimum absolute atomic E-state index is 0.0730. The number of nitrogens with zero attached hydrogens (tertiary/aromatic N) is 2. The quantitative estimate of drug-likeness (QED) is 0.280. The zero-order valence-corrected chi connectivity index (χ0v) is 23.6. The van der Waals surface area contributed by atoms with Gasteiger partial charge >= 0.3 is 0 Å². The van der Waals surface area contributed by atoms with Gasteiger partial charge in [0.15, 0.2) is 0 Å². The highest BCUT2D eigenvalue weighted by atomic mass is 16.3. The number of nitrogens with two attached hydrogens (primary N) is 1. The molecule has 3 rings (SSSR count). The molecule has 1 fully saturated rings. The van der Waals surface area contributed by atoms with Crippen molar-refractivity contribution in [2.24, 2.45) is 17.1 Å². The molecule has 8 nitrogen and oxygen atoms in total. The van der Waals surface area contributed by atoms with E-state index < -0.39 is 23.3 Å². The van der Waals surface area contributed by atoms with Crippen LogP contribution in [0.5, 0.6) is 0 Å². The summed E-state index contributed by atoms with van der Waals surface area (Å²) in [6.45, 7) is 7.83. The van der Waals surface area contributed by atoms with Crippen molar-refractivity contribution >= 4 is 17.7 Å². The second-order valence-corrected chi connectivity index (χ2v) is 10.8. The minimum atomic E-state index is -1.21. The molecule has 1 aromatic carbocycles. The number of carbonyl (C=O) groups is 3. The highest BCUT2D eigenvalue weighted by Gasteiger charge is 2.47. The van der Waals surface area contributed by atoms with Gasteiger partial charge in [-0.05, 0) is 50.6 Å². The minimum Gasteiger partial charge on any atom is -0.391 e. The van der Waals surface area contributed by atoms with Gasteiger partial charge in [0.1, 0.15) is 0 Å². The maximum Gasteiger partial charge on any atom is 0.249 e. The summed E-state index contributed by atoms with van der Waals surface area (Å²) in [5, 5.41) is 14.8. The summed E-state index contributed by atoms with van der Waals surface area (Å²) < 4.78 is 0. The predicted molar refractivity (Wildman–Crippen MR) is 154 cm³/mol. The number of hydrogen-bond donors (Lipinski definition) is 3. The van der Waals surface area contributed by atoms with Crippen LogP contribution in [0, 0.1) is 11.3 Å². The summed E-state index contributed by atoms with van der Waals surface area (Å²) >= 11 is 0. The Bertz CT molecular complexity index is 1020. The Labute approximate surface area is 233 Å². The van der Waals surface area contributed by atoms with Crippen molar-refractivity contribution in [3.63, 3.8) is 0 Å². The van der Waals surface area contributed by atoms with Crippen LogP contribution in [-0.4, -0.2) is 78.0 Å². The highest BCUT2D eigenvalue weighted by molar-refractivity contribution is 5.96. The molecule has 1 aromatic rings. The Morgan fingerprint density at radius 1 is 1.18 bits per heavy atom. The molecule has 214 valence electrons. The van der Waals surface area contributed by atoms with E-state index in [0.29, 0.717) is 44.6 Å². The van der Waals surface area contributed by atoms with E-state index in [2.05, 4.69) is 5.32 Å². The van der Waals surface area contributed by atoms with Crippen LogP contribution in [-0.2, 0) is 20.8 Å². The summed E-state index contributed by atoms with van der Waals surface area (Å²) in [6.07, 6.45) is 9.07. The van der Waals surface area contributed by atoms with Gasteiger partial charge in [0, 0.05) is 50.6 Å². The van der Waals surface area contributed by atoms with Gasteiger partial charge in [-0.15, -0.1) is 0 Å². The SMILES string of the molecule is CCCN(CCC)C(=O)C1=CC=CC(C(N)=O)([C@H](Cc2ccccc2)[C@@H](O)CNCCCN2CCCC2=O)C1. The molecular weight excluding hydrogens is 492 g/mol. The van der Waals surface area contributed by atoms with Gasteiger partial charge in [-0.25, -0.2) is 0 Å². The van der Waals surface area contributed by atoms with Crippen LogP contribution in [0.2, 0.25) is 0 Å². The Kier molecular flexibility index (Phi) is 11.7. The summed E-state index contributed by atoms with van der Waals surface area (Å²) in [5.41, 5.74) is 6.43. The third kappa shape index (κ3) is 8.02. The van der Waals surface area contributed by atoms with Crippen LogP contribution >= 0.6 is 0 Å². The van der Waals surface area contributed by atoms with Crippen molar-refractivity contribution in [2.75, 3.05) is 39.3 Å². The molecule has 1 aliphatic carbocycles. The summed E-state index contributed by atoms with van der Waals surface area (Å²) in [4.78, 5) is 42.3. The number of carbonyl (C=O) groups excluding carboxylic acids is 3. The zero-order chi connectivity index (χ0) is 28.3. The van der Waals surface area contributed by atoms with E-state index in [-0.39, 0.29) is 24.8 Å². The van der Waals surface area contributed by atoms with Crippen molar-refractivity contribution < 1.29 is 19.5 Å². The van der Waals surface area contributed by atoms with Crippen LogP contribution in [0.1, 0.15) is 57.9 Å². The second kappa shape index (κ2) is 15.0. The van der Waals surface area contributed by atoms with Crippen molar-refractivity contribution in [1.29, 1.82) is 0 Å². The molecule has 0 radical (unpaired) electrons. The van der Waals surface area contributed by atoms with Gasteiger partial charge in [0.25, 0.3) is 0 Å². The van der Waals surface area contributed by atoms with Gasteiger partial charge in [-0.1, -0.05) is 62.4 Å². The Balaban J connectivity index is 1.77. The lowest BCUT2D eigenvalue weighted by atomic mass is 9.64. The molecular formula is C31H46N4O4. The standard InChI is InChI=1S/C31H46N4O4/c1-3-17-35(18-4-2)29(38)25-13-8-15-31(22-25,30(32)39)26(21-24-11-6-5-7-12-24)27(36)23-33-16-10-20-34-19-9-14-28(34)37/h5-8,11-13,15,26-27,33,36H,3-4,9-10,14,16-23H2,1-2H3,(H2,32,39)/t26-,27+,31?/m1/s1. The van der Waals surface area contributed by atoms with Crippen molar-refractivity contribution in [3.05, 3.63) is 59.7 Å². The van der Waals surface area contributed by atoms with E-state index in [4.69, 9.17) is 5.73 Å².